The van der Waals surface area contributed by atoms with Crippen molar-refractivity contribution in [3.05, 3.63) is 53.8 Å². The normalized spacial score (nSPS) is 12.5. The Balaban J connectivity index is 2.36. The lowest BCUT2D eigenvalue weighted by Crippen LogP contribution is -2.26. The van der Waals surface area contributed by atoms with Gasteiger partial charge < -0.3 is 0 Å². The molecule has 0 saturated heterocycles. The lowest BCUT2D eigenvalue weighted by molar-refractivity contribution is -0.0441. The van der Waals surface area contributed by atoms with Gasteiger partial charge in [-0.15, -0.1) is 11.3 Å². The molecule has 2 aromatic heterocycles. The van der Waals surface area contributed by atoms with Crippen LogP contribution in [0.5, 0.6) is 0 Å². The number of nitrogens with zero attached hydrogens (tertiary/aromatic N) is 2. The van der Waals surface area contributed by atoms with E-state index in [-0.39, 0.29) is 11.4 Å². The predicted molar refractivity (Wildman–Crippen MR) is 80.1 cm³/mol. The third kappa shape index (κ3) is 2.61. The molecule has 0 N–H and O–H groups in total. The molecular formula is C14H8F4N2O2S2. The second kappa shape index (κ2) is 5.71. The Kier molecular flexibility index (Phi) is 3.96. The zero-order chi connectivity index (χ0) is 17.5. The standard InChI is InChI=1S/C14H8F4N2O2S2/c15-9-4-1-2-5-10(9)20-11(12-6-3-7-23-12)8-19-13(20)24(21,22)14(16,17)18/h1-8H. The highest BCUT2D eigenvalue weighted by molar-refractivity contribution is 7.92. The van der Waals surface area contributed by atoms with Crippen molar-refractivity contribution in [3.63, 3.8) is 0 Å². The first-order chi connectivity index (χ1) is 11.2. The van der Waals surface area contributed by atoms with Gasteiger partial charge in [-0.2, -0.15) is 13.2 Å². The fraction of sp³-hybridized carbons (Fsp3) is 0.0714. The fourth-order valence-corrected chi connectivity index (χ4v) is 3.65. The molecule has 0 aliphatic heterocycles. The summed E-state index contributed by atoms with van der Waals surface area (Å²) in [6, 6.07) is 8.15. The average molecular weight is 376 g/mol. The van der Waals surface area contributed by atoms with Gasteiger partial charge in [0.05, 0.1) is 22.5 Å². The van der Waals surface area contributed by atoms with E-state index < -0.39 is 26.3 Å². The van der Waals surface area contributed by atoms with E-state index in [0.29, 0.717) is 9.44 Å². The van der Waals surface area contributed by atoms with E-state index in [1.165, 1.54) is 18.2 Å². The minimum atomic E-state index is -5.75. The number of aromatic nitrogens is 2. The second-order valence-corrected chi connectivity index (χ2v) is 7.42. The monoisotopic (exact) mass is 376 g/mol. The molecular weight excluding hydrogens is 368 g/mol. The molecule has 10 heteroatoms. The molecule has 0 amide bonds. The van der Waals surface area contributed by atoms with E-state index in [0.717, 1.165) is 23.6 Å². The third-order valence-corrected chi connectivity index (χ3v) is 5.41. The maximum atomic E-state index is 14.1. The van der Waals surface area contributed by atoms with Crippen LogP contribution in [0.4, 0.5) is 17.6 Å². The van der Waals surface area contributed by atoms with Crippen LogP contribution in [-0.4, -0.2) is 23.5 Å². The number of thiophene rings is 1. The Morgan fingerprint density at radius 1 is 1.08 bits per heavy atom. The molecule has 3 aromatic rings. The van der Waals surface area contributed by atoms with E-state index in [2.05, 4.69) is 4.98 Å². The van der Waals surface area contributed by atoms with Gasteiger partial charge in [-0.25, -0.2) is 17.8 Å². The van der Waals surface area contributed by atoms with Crippen LogP contribution in [0, 0.1) is 5.82 Å². The number of halogens is 4. The SMILES string of the molecule is O=S(=O)(c1ncc(-c2cccs2)n1-c1ccccc1F)C(F)(F)F. The molecule has 4 nitrogen and oxygen atoms in total. The van der Waals surface area contributed by atoms with E-state index in [4.69, 9.17) is 0 Å². The zero-order valence-electron chi connectivity index (χ0n) is 11.7. The molecule has 0 unspecified atom stereocenters. The number of benzene rings is 1. The Bertz CT molecular complexity index is 977. The summed E-state index contributed by atoms with van der Waals surface area (Å²) in [6.45, 7) is 0. The maximum Gasteiger partial charge on any atom is 0.504 e. The zero-order valence-corrected chi connectivity index (χ0v) is 13.3. The van der Waals surface area contributed by atoms with Crippen molar-refractivity contribution >= 4 is 21.2 Å². The minimum absolute atomic E-state index is 0.0536. The van der Waals surface area contributed by atoms with Crippen LogP contribution in [0.3, 0.4) is 0 Å². The summed E-state index contributed by atoms with van der Waals surface area (Å²) in [5.74, 6) is -0.869. The van der Waals surface area contributed by atoms with E-state index in [9.17, 15) is 26.0 Å². The number of alkyl halides is 3. The molecule has 2 heterocycles. The van der Waals surface area contributed by atoms with Crippen molar-refractivity contribution in [2.45, 2.75) is 10.7 Å². The van der Waals surface area contributed by atoms with Crippen molar-refractivity contribution in [1.29, 1.82) is 0 Å². The van der Waals surface area contributed by atoms with Crippen LogP contribution in [0.1, 0.15) is 0 Å². The van der Waals surface area contributed by atoms with Crippen LogP contribution in [0.25, 0.3) is 16.3 Å². The largest absolute Gasteiger partial charge is 0.504 e. The van der Waals surface area contributed by atoms with Crippen LogP contribution >= 0.6 is 11.3 Å². The maximum absolute atomic E-state index is 14.1. The molecule has 0 spiro atoms. The molecule has 0 atom stereocenters. The quantitative estimate of drug-likeness (QED) is 0.649. The highest BCUT2D eigenvalue weighted by atomic mass is 32.2. The summed E-state index contributed by atoms with van der Waals surface area (Å²) in [5, 5.41) is 0.384. The number of para-hydroxylation sites is 1. The Morgan fingerprint density at radius 3 is 2.38 bits per heavy atom. The Labute approximate surface area is 137 Å². The van der Waals surface area contributed by atoms with E-state index >= 15 is 0 Å². The van der Waals surface area contributed by atoms with Crippen LogP contribution in [0.2, 0.25) is 0 Å². The van der Waals surface area contributed by atoms with Gasteiger partial charge in [0.2, 0.25) is 5.16 Å². The number of hydrogen-bond donors (Lipinski definition) is 0. The van der Waals surface area contributed by atoms with Gasteiger partial charge in [0.15, 0.2) is 0 Å². The smallest absolute Gasteiger partial charge is 0.279 e. The molecule has 0 aliphatic carbocycles. The number of sulfone groups is 1. The van der Waals surface area contributed by atoms with Gasteiger partial charge >= 0.3 is 15.3 Å². The second-order valence-electron chi connectivity index (χ2n) is 4.64. The highest BCUT2D eigenvalue weighted by Gasteiger charge is 2.50. The molecule has 0 radical (unpaired) electrons. The van der Waals surface area contributed by atoms with Crippen molar-refractivity contribution < 1.29 is 26.0 Å². The summed E-state index contributed by atoms with van der Waals surface area (Å²) in [4.78, 5) is 3.88. The molecule has 0 fully saturated rings. The van der Waals surface area contributed by atoms with Gasteiger partial charge in [-0.05, 0) is 23.6 Å². The minimum Gasteiger partial charge on any atom is -0.279 e. The molecule has 1 aromatic carbocycles. The van der Waals surface area contributed by atoms with E-state index in [1.54, 1.807) is 17.5 Å². The predicted octanol–water partition coefficient (Wildman–Crippen LogP) is 4.03. The van der Waals surface area contributed by atoms with Crippen LogP contribution in [-0.2, 0) is 9.84 Å². The van der Waals surface area contributed by atoms with Gasteiger partial charge in [-0.1, -0.05) is 18.2 Å². The summed E-state index contributed by atoms with van der Waals surface area (Å²) in [5.41, 5.74) is -5.83. The van der Waals surface area contributed by atoms with Crippen molar-refractivity contribution in [2.75, 3.05) is 0 Å². The average Bonchev–Trinajstić information content (AvgIpc) is 3.15. The molecule has 0 saturated carbocycles. The summed E-state index contributed by atoms with van der Waals surface area (Å²) < 4.78 is 77.2. The van der Waals surface area contributed by atoms with Crippen LogP contribution < -0.4 is 0 Å². The first kappa shape index (κ1) is 16.7. The Hall–Kier alpha value is -2.20. The molecule has 126 valence electrons. The first-order valence-corrected chi connectivity index (χ1v) is 8.77. The van der Waals surface area contributed by atoms with Crippen molar-refractivity contribution in [2.24, 2.45) is 0 Å². The van der Waals surface area contributed by atoms with Crippen molar-refractivity contribution in [1.82, 2.24) is 9.55 Å². The first-order valence-electron chi connectivity index (χ1n) is 6.41. The number of rotatable bonds is 3. The lowest BCUT2D eigenvalue weighted by Gasteiger charge is -2.13. The topological polar surface area (TPSA) is 52.0 Å². The lowest BCUT2D eigenvalue weighted by atomic mass is 10.3. The summed E-state index contributed by atoms with van der Waals surface area (Å²) in [7, 11) is -5.75. The number of hydrogen-bond acceptors (Lipinski definition) is 4. The Morgan fingerprint density at radius 2 is 1.79 bits per heavy atom. The fourth-order valence-electron chi connectivity index (χ4n) is 2.09. The summed E-state index contributed by atoms with van der Waals surface area (Å²) in [6.07, 6.45) is 0.983. The molecule has 0 bridgehead atoms. The molecule has 24 heavy (non-hydrogen) atoms. The van der Waals surface area contributed by atoms with Gasteiger partial charge in [-0.3, -0.25) is 4.57 Å². The van der Waals surface area contributed by atoms with Gasteiger partial charge in [0.1, 0.15) is 5.82 Å². The molecule has 0 aliphatic rings. The van der Waals surface area contributed by atoms with Gasteiger partial charge in [0.25, 0.3) is 0 Å². The van der Waals surface area contributed by atoms with E-state index in [1.807, 2.05) is 0 Å². The van der Waals surface area contributed by atoms with Crippen LogP contribution in [0.15, 0.2) is 53.1 Å². The molecule has 3 rings (SSSR count). The third-order valence-electron chi connectivity index (χ3n) is 3.14. The highest BCUT2D eigenvalue weighted by Crippen LogP contribution is 2.36. The van der Waals surface area contributed by atoms with Crippen molar-refractivity contribution in [3.8, 4) is 16.3 Å². The van der Waals surface area contributed by atoms with Gasteiger partial charge in [0, 0.05) is 0 Å². The number of imidazole rings is 1. The summed E-state index contributed by atoms with van der Waals surface area (Å²) >= 11 is 1.16.